The number of carbonyl (C=O) groups is 3. The molecule has 0 aliphatic carbocycles. The summed E-state index contributed by atoms with van der Waals surface area (Å²) in [6.07, 6.45) is -2.28. The number of hydrogen-bond acceptors (Lipinski definition) is 9. The summed E-state index contributed by atoms with van der Waals surface area (Å²) < 4.78 is 21.5. The van der Waals surface area contributed by atoms with Gasteiger partial charge in [0.1, 0.15) is 11.4 Å². The lowest BCUT2D eigenvalue weighted by atomic mass is 9.92. The summed E-state index contributed by atoms with van der Waals surface area (Å²) in [6.45, 7) is 5.62. The van der Waals surface area contributed by atoms with Gasteiger partial charge in [-0.3, -0.25) is 4.79 Å². The number of ether oxygens (including phenoxy) is 1. The van der Waals surface area contributed by atoms with Crippen LogP contribution in [0.4, 0.5) is 10.1 Å². The number of alkyl halides is 1. The lowest BCUT2D eigenvalue weighted by Crippen LogP contribution is -2.50. The van der Waals surface area contributed by atoms with Gasteiger partial charge in [-0.25, -0.2) is 14.0 Å². The highest BCUT2D eigenvalue weighted by atomic mass is 79.9. The summed E-state index contributed by atoms with van der Waals surface area (Å²) in [5, 5.41) is 45.2. The van der Waals surface area contributed by atoms with Gasteiger partial charge in [0.25, 0.3) is 5.91 Å². The fourth-order valence-corrected chi connectivity index (χ4v) is 4.61. The van der Waals surface area contributed by atoms with Gasteiger partial charge in [0, 0.05) is 29.7 Å². The van der Waals surface area contributed by atoms with Crippen LogP contribution in [0, 0.1) is 0 Å². The Morgan fingerprint density at radius 2 is 1.76 bits per heavy atom. The molecule has 2 aliphatic rings. The third kappa shape index (κ3) is 8.76. The maximum absolute atomic E-state index is 15.2. The molecule has 3 rings (SSSR count). The Labute approximate surface area is 227 Å². The van der Waals surface area contributed by atoms with Crippen molar-refractivity contribution in [2.45, 2.75) is 63.0 Å². The normalized spacial score (nSPS) is 18.6. The smallest absolute Gasteiger partial charge is 0.335 e. The molecule has 14 heteroatoms. The molecule has 214 valence electrons. The molecule has 12 nitrogen and oxygen atoms in total. The first-order valence-corrected chi connectivity index (χ1v) is 12.8. The van der Waals surface area contributed by atoms with Gasteiger partial charge >= 0.3 is 11.9 Å². The lowest BCUT2D eigenvalue weighted by Gasteiger charge is -2.38. The minimum atomic E-state index is -2.27. The maximum Gasteiger partial charge on any atom is 0.335 e. The second kappa shape index (κ2) is 13.0. The summed E-state index contributed by atoms with van der Waals surface area (Å²) in [6, 6.07) is 1.64. The van der Waals surface area contributed by atoms with E-state index in [0.717, 1.165) is 18.4 Å². The van der Waals surface area contributed by atoms with Gasteiger partial charge in [-0.1, -0.05) is 0 Å². The Morgan fingerprint density at radius 3 is 2.26 bits per heavy atom. The largest absolute Gasteiger partial charge is 0.492 e. The molecule has 0 aromatic heterocycles. The van der Waals surface area contributed by atoms with Gasteiger partial charge in [-0.05, 0) is 61.5 Å². The number of hydrogen-bond donors (Lipinski definition) is 7. The molecule has 38 heavy (non-hydrogen) atoms. The number of nitrogen functional groups attached to an aromatic ring is 1. The lowest BCUT2D eigenvalue weighted by molar-refractivity contribution is -0.165. The first-order valence-electron chi connectivity index (χ1n) is 12.0. The van der Waals surface area contributed by atoms with E-state index < -0.39 is 35.4 Å². The Bertz CT molecular complexity index is 1010. The molecule has 1 aromatic carbocycles. The van der Waals surface area contributed by atoms with E-state index in [9.17, 15) is 19.5 Å². The van der Waals surface area contributed by atoms with Crippen LogP contribution in [0.3, 0.4) is 0 Å². The Kier molecular flexibility index (Phi) is 10.9. The quantitative estimate of drug-likeness (QED) is 0.203. The number of rotatable bonds is 8. The van der Waals surface area contributed by atoms with E-state index in [1.54, 1.807) is 19.9 Å². The number of benzene rings is 1. The number of piperidine rings is 1. The van der Waals surface area contributed by atoms with Crippen molar-refractivity contribution in [3.05, 3.63) is 21.7 Å². The standard InChI is InChI=1S/C20H29BrFN3O3.C4H6O6/c1-19(2,27)12-25-7-5-20(22,6-8-25)11-24-18(26)14-10-15(21)16(23)13-4-3-9-28-17(13)14;5-1(3(7)8)2(6)4(9)10/h10,27H,3-9,11-12,23H2,1-2H3,(H,24,26);1-2,5-6H,(H,7,8)(H,9,10)/t;1-,2-/m.1/s1. The van der Waals surface area contributed by atoms with E-state index in [1.807, 2.05) is 0 Å². The van der Waals surface area contributed by atoms with Gasteiger partial charge in [-0.2, -0.15) is 0 Å². The number of carboxylic acids is 2. The van der Waals surface area contributed by atoms with Crippen LogP contribution in [0.1, 0.15) is 49.0 Å². The average Bonchev–Trinajstić information content (AvgIpc) is 2.85. The van der Waals surface area contributed by atoms with E-state index in [-0.39, 0.29) is 12.5 Å². The molecule has 1 saturated heterocycles. The van der Waals surface area contributed by atoms with Crippen LogP contribution < -0.4 is 15.8 Å². The minimum absolute atomic E-state index is 0.0427. The predicted molar refractivity (Wildman–Crippen MR) is 138 cm³/mol. The first kappa shape index (κ1) is 31.7. The summed E-state index contributed by atoms with van der Waals surface area (Å²) in [5.74, 6) is -3.38. The summed E-state index contributed by atoms with van der Waals surface area (Å²) in [7, 11) is 0. The molecule has 2 heterocycles. The number of nitrogens with two attached hydrogens (primary N) is 1. The van der Waals surface area contributed by atoms with Gasteiger partial charge < -0.3 is 46.2 Å². The fourth-order valence-electron chi connectivity index (χ4n) is 4.14. The molecule has 1 fully saturated rings. The topological polar surface area (TPSA) is 203 Å². The van der Waals surface area contributed by atoms with Gasteiger partial charge in [0.15, 0.2) is 12.2 Å². The predicted octanol–water partition coefficient (Wildman–Crippen LogP) is 0.539. The Hall–Kier alpha value is -2.52. The van der Waals surface area contributed by atoms with Gasteiger partial charge in [-0.15, -0.1) is 0 Å². The number of aliphatic hydroxyl groups is 3. The monoisotopic (exact) mass is 607 g/mol. The number of carboxylic acid groups (broad SMARTS) is 2. The molecule has 0 radical (unpaired) electrons. The van der Waals surface area contributed by atoms with Gasteiger partial charge in [0.2, 0.25) is 0 Å². The van der Waals surface area contributed by atoms with Crippen LogP contribution in [0.15, 0.2) is 10.5 Å². The highest BCUT2D eigenvalue weighted by Crippen LogP contribution is 2.38. The van der Waals surface area contributed by atoms with Crippen LogP contribution in [0.25, 0.3) is 0 Å². The van der Waals surface area contributed by atoms with Crippen LogP contribution >= 0.6 is 15.9 Å². The highest BCUT2D eigenvalue weighted by Gasteiger charge is 2.36. The molecule has 1 aromatic rings. The third-order valence-electron chi connectivity index (χ3n) is 6.17. The second-order valence-corrected chi connectivity index (χ2v) is 10.9. The van der Waals surface area contributed by atoms with Crippen molar-refractivity contribution in [1.82, 2.24) is 10.2 Å². The Balaban J connectivity index is 0.000000432. The number of carbonyl (C=O) groups excluding carboxylic acids is 1. The van der Waals surface area contributed by atoms with Crippen molar-refractivity contribution >= 4 is 39.5 Å². The van der Waals surface area contributed by atoms with E-state index in [1.165, 1.54) is 0 Å². The zero-order valence-corrected chi connectivity index (χ0v) is 22.8. The highest BCUT2D eigenvalue weighted by molar-refractivity contribution is 9.10. The van der Waals surface area contributed by atoms with Crippen molar-refractivity contribution < 1.29 is 49.0 Å². The number of nitrogens with zero attached hydrogens (tertiary/aromatic N) is 1. The molecule has 0 bridgehead atoms. The molecular formula is C24H35BrFN3O9. The second-order valence-electron chi connectivity index (χ2n) is 10.1. The van der Waals surface area contributed by atoms with Crippen LogP contribution in [0.2, 0.25) is 0 Å². The zero-order chi connectivity index (χ0) is 28.8. The summed E-state index contributed by atoms with van der Waals surface area (Å²) in [5.41, 5.74) is 5.67. The van der Waals surface area contributed by atoms with Gasteiger partial charge in [0.05, 0.1) is 30.0 Å². The molecule has 1 amide bonds. The molecular weight excluding hydrogens is 573 g/mol. The zero-order valence-electron chi connectivity index (χ0n) is 21.2. The van der Waals surface area contributed by atoms with Crippen molar-refractivity contribution in [2.75, 3.05) is 38.5 Å². The fraction of sp³-hybridized carbons (Fsp3) is 0.625. The molecule has 0 saturated carbocycles. The van der Waals surface area contributed by atoms with E-state index in [0.29, 0.717) is 60.6 Å². The number of aliphatic hydroxyl groups excluding tert-OH is 2. The van der Waals surface area contributed by atoms with E-state index >= 15 is 4.39 Å². The Morgan fingerprint density at radius 1 is 1.21 bits per heavy atom. The molecule has 2 aliphatic heterocycles. The molecule has 8 N–H and O–H groups in total. The van der Waals surface area contributed by atoms with Crippen LogP contribution in [-0.4, -0.2) is 105 Å². The number of amides is 1. The van der Waals surface area contributed by atoms with Crippen molar-refractivity contribution in [1.29, 1.82) is 0 Å². The number of halogens is 2. The number of β-amino-alcohol motifs (C(OH)–C–C–N with tert-alkyl or cyclic N) is 1. The number of likely N-dealkylation sites (tertiary alicyclic amines) is 1. The number of aliphatic carboxylic acids is 2. The van der Waals surface area contributed by atoms with Crippen LogP contribution in [-0.2, 0) is 16.0 Å². The van der Waals surface area contributed by atoms with Crippen molar-refractivity contribution in [3.63, 3.8) is 0 Å². The van der Waals surface area contributed by atoms with E-state index in [4.69, 9.17) is 30.9 Å². The maximum atomic E-state index is 15.2. The third-order valence-corrected chi connectivity index (χ3v) is 6.82. The number of anilines is 1. The SMILES string of the molecule is CC(C)(O)CN1CCC(F)(CNC(=O)c2cc(Br)c(N)c3c2OCCC3)CC1.O=C(O)[C@H](O)[C@@H](O)C(=O)O. The van der Waals surface area contributed by atoms with Crippen molar-refractivity contribution in [2.24, 2.45) is 0 Å². The molecule has 0 spiro atoms. The number of nitrogens with one attached hydrogen (secondary N) is 1. The average molecular weight is 608 g/mol. The molecule has 0 unspecified atom stereocenters. The van der Waals surface area contributed by atoms with E-state index in [2.05, 4.69) is 26.1 Å². The minimum Gasteiger partial charge on any atom is -0.492 e. The number of fused-ring (bicyclic) bond motifs is 1. The van der Waals surface area contributed by atoms with Crippen molar-refractivity contribution in [3.8, 4) is 5.75 Å². The summed E-state index contributed by atoms with van der Waals surface area (Å²) >= 11 is 3.40. The first-order chi connectivity index (χ1) is 17.5. The summed E-state index contributed by atoms with van der Waals surface area (Å²) in [4.78, 5) is 34.4. The van der Waals surface area contributed by atoms with Crippen LogP contribution in [0.5, 0.6) is 5.75 Å². The molecule has 2 atom stereocenters.